The van der Waals surface area contributed by atoms with Crippen LogP contribution in [0.2, 0.25) is 0 Å². The number of hydrogen-bond acceptors (Lipinski definition) is 2. The quantitative estimate of drug-likeness (QED) is 0.579. The molecule has 1 unspecified atom stereocenters. The first kappa shape index (κ1) is 10.1. The van der Waals surface area contributed by atoms with E-state index in [4.69, 9.17) is 5.73 Å². The maximum absolute atomic E-state index is 9.37. The summed E-state index contributed by atoms with van der Waals surface area (Å²) in [6, 6.07) is 0. The first-order valence-corrected chi connectivity index (χ1v) is 3.59. The fourth-order valence-electron chi connectivity index (χ4n) is 0.776. The summed E-state index contributed by atoms with van der Waals surface area (Å²) < 4.78 is 0. The van der Waals surface area contributed by atoms with Crippen LogP contribution < -0.4 is 5.73 Å². The number of hydrogen-bond donors (Lipinski definition) is 2. The molecule has 0 aromatic carbocycles. The van der Waals surface area contributed by atoms with Crippen molar-refractivity contribution in [2.24, 2.45) is 5.73 Å². The van der Waals surface area contributed by atoms with Gasteiger partial charge in [0.25, 0.3) is 0 Å². The van der Waals surface area contributed by atoms with E-state index in [9.17, 15) is 5.11 Å². The Bertz CT molecular complexity index is 161. The Morgan fingerprint density at radius 3 is 2.55 bits per heavy atom. The van der Waals surface area contributed by atoms with Gasteiger partial charge in [-0.15, -0.1) is 0 Å². The maximum Gasteiger partial charge on any atom is 0.0801 e. The van der Waals surface area contributed by atoms with Crippen molar-refractivity contribution in [3.8, 4) is 0 Å². The number of aliphatic hydroxyl groups is 1. The van der Waals surface area contributed by atoms with Gasteiger partial charge in [0, 0.05) is 0 Å². The lowest BCUT2D eigenvalue weighted by Gasteiger charge is -2.08. The summed E-state index contributed by atoms with van der Waals surface area (Å²) in [4.78, 5) is 0. The van der Waals surface area contributed by atoms with Gasteiger partial charge in [-0.05, 0) is 18.5 Å². The van der Waals surface area contributed by atoms with Crippen LogP contribution in [0.1, 0.15) is 6.42 Å². The van der Waals surface area contributed by atoms with Crippen LogP contribution in [0.5, 0.6) is 0 Å². The highest BCUT2D eigenvalue weighted by molar-refractivity contribution is 5.24. The summed E-state index contributed by atoms with van der Waals surface area (Å²) >= 11 is 0. The van der Waals surface area contributed by atoms with Crippen LogP contribution >= 0.6 is 0 Å². The highest BCUT2D eigenvalue weighted by atomic mass is 16.3. The van der Waals surface area contributed by atoms with Gasteiger partial charge < -0.3 is 10.8 Å². The van der Waals surface area contributed by atoms with Gasteiger partial charge in [-0.2, -0.15) is 0 Å². The molecule has 0 aliphatic rings. The third-order valence-electron chi connectivity index (χ3n) is 1.37. The molecule has 2 nitrogen and oxygen atoms in total. The molecule has 62 valence electrons. The fourth-order valence-corrected chi connectivity index (χ4v) is 0.776. The Balaban J connectivity index is 4.12. The largest absolute Gasteiger partial charge is 0.388 e. The van der Waals surface area contributed by atoms with E-state index in [-0.39, 0.29) is 0 Å². The molecule has 0 fully saturated rings. The predicted octanol–water partition coefficient (Wildman–Crippen LogP) is 0.994. The zero-order valence-electron chi connectivity index (χ0n) is 6.66. The standard InChI is InChI=1S/C9H15NO/c1-3-5-8(4-2)9(11)6-7-10/h3-5,9,11H,1-2,6-7,10H2. The monoisotopic (exact) mass is 153 g/mol. The average molecular weight is 153 g/mol. The molecule has 11 heavy (non-hydrogen) atoms. The van der Waals surface area contributed by atoms with E-state index in [1.807, 2.05) is 0 Å². The van der Waals surface area contributed by atoms with E-state index >= 15 is 0 Å². The Kier molecular flexibility index (Phi) is 5.43. The highest BCUT2D eigenvalue weighted by Gasteiger charge is 2.04. The number of aliphatic hydroxyl groups excluding tert-OH is 1. The van der Waals surface area contributed by atoms with E-state index in [0.717, 1.165) is 5.57 Å². The molecule has 0 heterocycles. The van der Waals surface area contributed by atoms with Crippen LogP contribution in [0.4, 0.5) is 0 Å². The molecular weight excluding hydrogens is 138 g/mol. The van der Waals surface area contributed by atoms with Crippen molar-refractivity contribution in [1.29, 1.82) is 0 Å². The molecule has 0 amide bonds. The molecule has 0 aromatic heterocycles. The van der Waals surface area contributed by atoms with E-state index in [1.165, 1.54) is 0 Å². The normalized spacial score (nSPS) is 14.2. The SMILES string of the molecule is C=CC=C(C=C)C(O)CCN. The molecule has 0 rings (SSSR count). The Morgan fingerprint density at radius 2 is 2.18 bits per heavy atom. The molecule has 0 bridgehead atoms. The van der Waals surface area contributed by atoms with E-state index in [1.54, 1.807) is 18.2 Å². The second-order valence-electron chi connectivity index (χ2n) is 2.20. The minimum absolute atomic E-state index is 0.476. The number of rotatable bonds is 5. The van der Waals surface area contributed by atoms with Gasteiger partial charge in [-0.3, -0.25) is 0 Å². The van der Waals surface area contributed by atoms with Gasteiger partial charge in [-0.25, -0.2) is 0 Å². The lowest BCUT2D eigenvalue weighted by Crippen LogP contribution is -2.14. The first-order chi connectivity index (χ1) is 5.26. The second-order valence-corrected chi connectivity index (χ2v) is 2.20. The second kappa shape index (κ2) is 5.89. The van der Waals surface area contributed by atoms with Gasteiger partial charge in [0.15, 0.2) is 0 Å². The van der Waals surface area contributed by atoms with E-state index < -0.39 is 6.10 Å². The topological polar surface area (TPSA) is 46.2 Å². The summed E-state index contributed by atoms with van der Waals surface area (Å²) in [6.07, 6.45) is 5.02. The molecule has 2 heteroatoms. The molecule has 0 aromatic rings. The Morgan fingerprint density at radius 1 is 1.55 bits per heavy atom. The minimum Gasteiger partial charge on any atom is -0.388 e. The van der Waals surface area contributed by atoms with Crippen molar-refractivity contribution in [2.75, 3.05) is 6.54 Å². The van der Waals surface area contributed by atoms with Gasteiger partial charge in [0.2, 0.25) is 0 Å². The van der Waals surface area contributed by atoms with E-state index in [2.05, 4.69) is 13.2 Å². The van der Waals surface area contributed by atoms with Crippen molar-refractivity contribution >= 4 is 0 Å². The van der Waals surface area contributed by atoms with Gasteiger partial charge >= 0.3 is 0 Å². The minimum atomic E-state index is -0.504. The summed E-state index contributed by atoms with van der Waals surface area (Å²) in [5, 5.41) is 9.37. The zero-order chi connectivity index (χ0) is 8.69. The van der Waals surface area contributed by atoms with Crippen LogP contribution in [-0.4, -0.2) is 17.8 Å². The highest BCUT2D eigenvalue weighted by Crippen LogP contribution is 2.06. The lowest BCUT2D eigenvalue weighted by molar-refractivity contribution is 0.207. The Hall–Kier alpha value is -0.860. The maximum atomic E-state index is 9.37. The molecule has 0 aliphatic carbocycles. The van der Waals surface area contributed by atoms with Crippen LogP contribution in [0.25, 0.3) is 0 Å². The summed E-state index contributed by atoms with van der Waals surface area (Å²) in [6.45, 7) is 7.57. The van der Waals surface area contributed by atoms with Crippen molar-refractivity contribution in [2.45, 2.75) is 12.5 Å². The van der Waals surface area contributed by atoms with Gasteiger partial charge in [-0.1, -0.05) is 31.4 Å². The fraction of sp³-hybridized carbons (Fsp3) is 0.333. The van der Waals surface area contributed by atoms with Crippen LogP contribution in [0.15, 0.2) is 37.0 Å². The van der Waals surface area contributed by atoms with E-state index in [0.29, 0.717) is 13.0 Å². The molecule has 3 N–H and O–H groups in total. The molecule has 0 spiro atoms. The van der Waals surface area contributed by atoms with Crippen molar-refractivity contribution < 1.29 is 5.11 Å². The smallest absolute Gasteiger partial charge is 0.0801 e. The molecule has 0 saturated carbocycles. The van der Waals surface area contributed by atoms with Crippen LogP contribution in [0, 0.1) is 0 Å². The van der Waals surface area contributed by atoms with Gasteiger partial charge in [0.05, 0.1) is 6.10 Å². The summed E-state index contributed by atoms with van der Waals surface area (Å²) in [7, 11) is 0. The number of nitrogens with two attached hydrogens (primary N) is 1. The predicted molar refractivity (Wildman–Crippen MR) is 48.2 cm³/mol. The first-order valence-electron chi connectivity index (χ1n) is 3.59. The summed E-state index contributed by atoms with van der Waals surface area (Å²) in [5.74, 6) is 0. The molecule has 1 atom stereocenters. The van der Waals surface area contributed by atoms with Crippen LogP contribution in [-0.2, 0) is 0 Å². The molecule has 0 saturated heterocycles. The molecule has 0 aliphatic heterocycles. The van der Waals surface area contributed by atoms with Crippen LogP contribution in [0.3, 0.4) is 0 Å². The van der Waals surface area contributed by atoms with Crippen molar-refractivity contribution in [3.05, 3.63) is 37.0 Å². The summed E-state index contributed by atoms with van der Waals surface area (Å²) in [5.41, 5.74) is 6.04. The Labute approximate surface area is 67.7 Å². The molecular formula is C9H15NO. The average Bonchev–Trinajstić information content (AvgIpc) is 2.00. The lowest BCUT2D eigenvalue weighted by atomic mass is 10.1. The third kappa shape index (κ3) is 3.75. The van der Waals surface area contributed by atoms with Crippen molar-refractivity contribution in [1.82, 2.24) is 0 Å². The van der Waals surface area contributed by atoms with Crippen molar-refractivity contribution in [3.63, 3.8) is 0 Å². The molecule has 0 radical (unpaired) electrons. The third-order valence-corrected chi connectivity index (χ3v) is 1.37. The van der Waals surface area contributed by atoms with Gasteiger partial charge in [0.1, 0.15) is 0 Å². The zero-order valence-corrected chi connectivity index (χ0v) is 6.66. The number of allylic oxidation sites excluding steroid dienone is 2.